The van der Waals surface area contributed by atoms with Gasteiger partial charge in [0, 0.05) is 30.9 Å². The van der Waals surface area contributed by atoms with Crippen molar-refractivity contribution in [3.05, 3.63) is 35.1 Å². The lowest BCUT2D eigenvalue weighted by Gasteiger charge is -2.36. The number of amides is 1. The number of carbonyl (C=O) groups is 1. The molecular weight excluding hydrogens is 324 g/mol. The Morgan fingerprint density at radius 1 is 1.15 bits per heavy atom. The van der Waals surface area contributed by atoms with Gasteiger partial charge in [-0.05, 0) is 63.8 Å². The smallest absolute Gasteiger partial charge is 0.222 e. The van der Waals surface area contributed by atoms with Crippen LogP contribution in [0.3, 0.4) is 0 Å². The molecule has 0 radical (unpaired) electrons. The maximum Gasteiger partial charge on any atom is 0.222 e. The molecule has 3 heterocycles. The third-order valence-electron chi connectivity index (χ3n) is 6.19. The van der Waals surface area contributed by atoms with Crippen LogP contribution in [0.2, 0.25) is 0 Å². The van der Waals surface area contributed by atoms with Crippen molar-refractivity contribution in [2.45, 2.75) is 65.0 Å². The Balaban J connectivity index is 1.46. The number of furan rings is 1. The van der Waals surface area contributed by atoms with Gasteiger partial charge in [-0.3, -0.25) is 9.69 Å². The summed E-state index contributed by atoms with van der Waals surface area (Å²) >= 11 is 0. The molecule has 0 bridgehead atoms. The average molecular weight is 354 g/mol. The molecule has 2 saturated heterocycles. The first-order chi connectivity index (χ1) is 12.6. The summed E-state index contributed by atoms with van der Waals surface area (Å²) in [5, 5.41) is 1.25. The van der Waals surface area contributed by atoms with E-state index in [0.717, 1.165) is 56.8 Å². The predicted molar refractivity (Wildman–Crippen MR) is 104 cm³/mol. The second kappa shape index (κ2) is 7.43. The van der Waals surface area contributed by atoms with Gasteiger partial charge in [0.25, 0.3) is 0 Å². The zero-order chi connectivity index (χ0) is 18.1. The standard InChI is InChI=1S/C22H30N2O2/c1-16-8-9-20-19(14-16)17(2)21(26-20)15-24-11-4-3-6-18(24)10-13-23-12-5-7-22(23)25/h8-9,14,18H,3-7,10-13,15H2,1-2H3. The molecule has 2 aliphatic heterocycles. The lowest BCUT2D eigenvalue weighted by molar-refractivity contribution is -0.127. The lowest BCUT2D eigenvalue weighted by Crippen LogP contribution is -2.41. The molecule has 2 fully saturated rings. The molecule has 0 saturated carbocycles. The second-order valence-corrected chi connectivity index (χ2v) is 8.04. The molecule has 0 aliphatic carbocycles. The van der Waals surface area contributed by atoms with Crippen molar-refractivity contribution in [2.75, 3.05) is 19.6 Å². The molecule has 1 aromatic heterocycles. The first-order valence-electron chi connectivity index (χ1n) is 10.1. The maximum atomic E-state index is 11.9. The summed E-state index contributed by atoms with van der Waals surface area (Å²) in [6, 6.07) is 7.00. The molecule has 1 atom stereocenters. The zero-order valence-corrected chi connectivity index (χ0v) is 16.1. The highest BCUT2D eigenvalue weighted by Crippen LogP contribution is 2.30. The van der Waals surface area contributed by atoms with E-state index in [1.807, 2.05) is 0 Å². The number of aryl methyl sites for hydroxylation is 2. The van der Waals surface area contributed by atoms with Gasteiger partial charge in [0.05, 0.1) is 6.54 Å². The Morgan fingerprint density at radius 2 is 2.04 bits per heavy atom. The lowest BCUT2D eigenvalue weighted by atomic mass is 9.98. The SMILES string of the molecule is Cc1ccc2oc(CN3CCCCC3CCN3CCCC3=O)c(C)c2c1. The van der Waals surface area contributed by atoms with Crippen molar-refractivity contribution < 1.29 is 9.21 Å². The van der Waals surface area contributed by atoms with Crippen LogP contribution in [0.25, 0.3) is 11.0 Å². The fourth-order valence-corrected chi connectivity index (χ4v) is 4.56. The van der Waals surface area contributed by atoms with Crippen molar-refractivity contribution in [1.29, 1.82) is 0 Å². The van der Waals surface area contributed by atoms with Crippen LogP contribution in [-0.4, -0.2) is 41.4 Å². The normalized spacial score (nSPS) is 21.8. The van der Waals surface area contributed by atoms with Gasteiger partial charge in [-0.1, -0.05) is 18.1 Å². The third-order valence-corrected chi connectivity index (χ3v) is 6.19. The molecule has 4 heteroatoms. The number of nitrogens with zero attached hydrogens (tertiary/aromatic N) is 2. The van der Waals surface area contributed by atoms with E-state index < -0.39 is 0 Å². The van der Waals surface area contributed by atoms with Crippen LogP contribution in [0, 0.1) is 13.8 Å². The number of fused-ring (bicyclic) bond motifs is 1. The number of carbonyl (C=O) groups excluding carboxylic acids is 1. The van der Waals surface area contributed by atoms with Crippen LogP contribution < -0.4 is 0 Å². The molecule has 4 rings (SSSR count). The quantitative estimate of drug-likeness (QED) is 0.798. The van der Waals surface area contributed by atoms with Gasteiger partial charge in [0.2, 0.25) is 5.91 Å². The van der Waals surface area contributed by atoms with Crippen LogP contribution in [0.4, 0.5) is 0 Å². The number of hydrogen-bond acceptors (Lipinski definition) is 3. The largest absolute Gasteiger partial charge is 0.459 e. The van der Waals surface area contributed by atoms with Gasteiger partial charge in [-0.2, -0.15) is 0 Å². The molecule has 2 aliphatic rings. The van der Waals surface area contributed by atoms with Crippen LogP contribution in [0.1, 0.15) is 55.4 Å². The predicted octanol–water partition coefficient (Wildman–Crippen LogP) is 4.42. The number of piperidine rings is 1. The molecule has 1 aromatic carbocycles. The minimum Gasteiger partial charge on any atom is -0.459 e. The molecule has 1 unspecified atom stereocenters. The summed E-state index contributed by atoms with van der Waals surface area (Å²) in [5.74, 6) is 1.45. The second-order valence-electron chi connectivity index (χ2n) is 8.04. The average Bonchev–Trinajstić information content (AvgIpc) is 3.18. The molecule has 26 heavy (non-hydrogen) atoms. The van der Waals surface area contributed by atoms with E-state index in [-0.39, 0.29) is 0 Å². The third kappa shape index (κ3) is 3.52. The minimum atomic E-state index is 0.343. The van der Waals surface area contributed by atoms with E-state index in [0.29, 0.717) is 11.9 Å². The van der Waals surface area contributed by atoms with Gasteiger partial charge in [0.1, 0.15) is 11.3 Å². The fraction of sp³-hybridized carbons (Fsp3) is 0.591. The summed E-state index contributed by atoms with van der Waals surface area (Å²) in [6.07, 6.45) is 6.66. The van der Waals surface area contributed by atoms with Crippen LogP contribution in [0.5, 0.6) is 0 Å². The summed E-state index contributed by atoms with van der Waals surface area (Å²) in [4.78, 5) is 16.5. The number of hydrogen-bond donors (Lipinski definition) is 0. The van der Waals surface area contributed by atoms with Gasteiger partial charge in [-0.15, -0.1) is 0 Å². The van der Waals surface area contributed by atoms with Crippen LogP contribution in [0.15, 0.2) is 22.6 Å². The first kappa shape index (κ1) is 17.6. The number of likely N-dealkylation sites (tertiary alicyclic amines) is 2. The summed E-state index contributed by atoms with van der Waals surface area (Å²) < 4.78 is 6.19. The van der Waals surface area contributed by atoms with Crippen molar-refractivity contribution in [3.63, 3.8) is 0 Å². The Kier molecular flexibility index (Phi) is 5.03. The number of rotatable bonds is 5. The van der Waals surface area contributed by atoms with Crippen LogP contribution in [-0.2, 0) is 11.3 Å². The molecule has 0 spiro atoms. The van der Waals surface area contributed by atoms with E-state index in [9.17, 15) is 4.79 Å². The maximum absolute atomic E-state index is 11.9. The highest BCUT2D eigenvalue weighted by atomic mass is 16.3. The van der Waals surface area contributed by atoms with Gasteiger partial charge < -0.3 is 9.32 Å². The monoisotopic (exact) mass is 354 g/mol. The summed E-state index contributed by atoms with van der Waals surface area (Å²) in [7, 11) is 0. The summed E-state index contributed by atoms with van der Waals surface area (Å²) in [6.45, 7) is 8.20. The van der Waals surface area contributed by atoms with E-state index >= 15 is 0 Å². The van der Waals surface area contributed by atoms with Gasteiger partial charge in [-0.25, -0.2) is 0 Å². The molecule has 140 valence electrons. The molecule has 1 amide bonds. The minimum absolute atomic E-state index is 0.343. The van der Waals surface area contributed by atoms with Crippen molar-refractivity contribution >= 4 is 16.9 Å². The topological polar surface area (TPSA) is 36.7 Å². The fourth-order valence-electron chi connectivity index (χ4n) is 4.56. The van der Waals surface area contributed by atoms with Crippen molar-refractivity contribution in [3.8, 4) is 0 Å². The Morgan fingerprint density at radius 3 is 2.85 bits per heavy atom. The van der Waals surface area contributed by atoms with E-state index in [2.05, 4.69) is 41.8 Å². The highest BCUT2D eigenvalue weighted by Gasteiger charge is 2.27. The zero-order valence-electron chi connectivity index (χ0n) is 16.1. The number of benzene rings is 1. The molecular formula is C22H30N2O2. The van der Waals surface area contributed by atoms with E-state index in [1.165, 1.54) is 35.8 Å². The van der Waals surface area contributed by atoms with E-state index in [4.69, 9.17) is 4.42 Å². The van der Waals surface area contributed by atoms with E-state index in [1.54, 1.807) is 0 Å². The summed E-state index contributed by atoms with van der Waals surface area (Å²) in [5.41, 5.74) is 3.56. The molecule has 0 N–H and O–H groups in total. The Labute approximate surface area is 156 Å². The van der Waals surface area contributed by atoms with Crippen LogP contribution >= 0.6 is 0 Å². The van der Waals surface area contributed by atoms with Gasteiger partial charge in [0.15, 0.2) is 0 Å². The molecule has 4 nitrogen and oxygen atoms in total. The first-order valence-corrected chi connectivity index (χ1v) is 10.1. The molecule has 2 aromatic rings. The highest BCUT2D eigenvalue weighted by molar-refractivity contribution is 5.82. The van der Waals surface area contributed by atoms with Gasteiger partial charge >= 0.3 is 0 Å². The Hall–Kier alpha value is -1.81. The van der Waals surface area contributed by atoms with Crippen molar-refractivity contribution in [2.24, 2.45) is 0 Å². The van der Waals surface area contributed by atoms with Crippen molar-refractivity contribution in [1.82, 2.24) is 9.80 Å². The Bertz CT molecular complexity index is 795.